The molecule has 0 radical (unpaired) electrons. The number of rotatable bonds is 2. The second-order valence-electron chi connectivity index (χ2n) is 6.13. The highest BCUT2D eigenvalue weighted by atomic mass is 19.1. The van der Waals surface area contributed by atoms with E-state index in [2.05, 4.69) is 10.6 Å². The molecule has 114 valence electrons. The molecular weight excluding hydrogens is 281 g/mol. The van der Waals surface area contributed by atoms with Crippen LogP contribution in [0.2, 0.25) is 0 Å². The lowest BCUT2D eigenvalue weighted by Gasteiger charge is -2.21. The maximum Gasteiger partial charge on any atom is 0.325 e. The molecule has 3 atom stereocenters. The number of halogens is 1. The molecular formula is C17H18FN3O. The van der Waals surface area contributed by atoms with Crippen molar-refractivity contribution in [2.45, 2.75) is 37.4 Å². The van der Waals surface area contributed by atoms with E-state index >= 15 is 0 Å². The number of benzene rings is 1. The van der Waals surface area contributed by atoms with Crippen LogP contribution in [0.3, 0.4) is 0 Å². The summed E-state index contributed by atoms with van der Waals surface area (Å²) in [5.74, 6) is -0.280. The van der Waals surface area contributed by atoms with Crippen molar-refractivity contribution in [2.24, 2.45) is 0 Å². The summed E-state index contributed by atoms with van der Waals surface area (Å²) in [7, 11) is 0. The van der Waals surface area contributed by atoms with Gasteiger partial charge in [0, 0.05) is 41.6 Å². The summed E-state index contributed by atoms with van der Waals surface area (Å²) < 4.78 is 15.3. The monoisotopic (exact) mass is 299 g/mol. The summed E-state index contributed by atoms with van der Waals surface area (Å²) in [4.78, 5) is 12.3. The Balaban J connectivity index is 1.49. The van der Waals surface area contributed by atoms with E-state index < -0.39 is 0 Å². The molecule has 1 aromatic carbocycles. The van der Waals surface area contributed by atoms with Gasteiger partial charge in [-0.25, -0.2) is 9.18 Å². The number of hydrogen-bond acceptors (Lipinski definition) is 2. The van der Waals surface area contributed by atoms with Gasteiger partial charge in [0.1, 0.15) is 5.82 Å². The topological polar surface area (TPSA) is 46.1 Å². The van der Waals surface area contributed by atoms with Gasteiger partial charge in [-0.2, -0.15) is 0 Å². The van der Waals surface area contributed by atoms with Gasteiger partial charge in [0.2, 0.25) is 0 Å². The first-order valence-corrected chi connectivity index (χ1v) is 7.70. The first-order chi connectivity index (χ1) is 10.7. The minimum atomic E-state index is -0.280. The summed E-state index contributed by atoms with van der Waals surface area (Å²) in [6, 6.07) is 9.34. The van der Waals surface area contributed by atoms with Crippen LogP contribution in [0, 0.1) is 5.82 Å². The zero-order valence-corrected chi connectivity index (χ0v) is 12.1. The lowest BCUT2D eigenvalue weighted by Crippen LogP contribution is -2.44. The van der Waals surface area contributed by atoms with E-state index in [1.54, 1.807) is 36.7 Å². The molecule has 2 aliphatic heterocycles. The van der Waals surface area contributed by atoms with E-state index in [4.69, 9.17) is 0 Å². The normalized spacial score (nSPS) is 26.3. The molecule has 3 heterocycles. The highest BCUT2D eigenvalue weighted by Gasteiger charge is 2.39. The minimum absolute atomic E-state index is 0.151. The van der Waals surface area contributed by atoms with E-state index in [1.165, 1.54) is 17.1 Å². The SMILES string of the molecule is O=C(N[C@@H]1C[C@H]2CC[C@@H]1N2)n1ccc(-c2ccccc2F)c1. The number of aromatic nitrogens is 1. The van der Waals surface area contributed by atoms with Gasteiger partial charge in [0.05, 0.1) is 0 Å². The Morgan fingerprint density at radius 1 is 1.27 bits per heavy atom. The van der Waals surface area contributed by atoms with Crippen LogP contribution < -0.4 is 10.6 Å². The van der Waals surface area contributed by atoms with Gasteiger partial charge in [0.25, 0.3) is 0 Å². The molecule has 0 saturated carbocycles. The quantitative estimate of drug-likeness (QED) is 0.895. The van der Waals surface area contributed by atoms with Crippen LogP contribution >= 0.6 is 0 Å². The van der Waals surface area contributed by atoms with E-state index in [0.29, 0.717) is 23.2 Å². The Bertz CT molecular complexity index is 711. The van der Waals surface area contributed by atoms with Crippen LogP contribution in [-0.2, 0) is 0 Å². The van der Waals surface area contributed by atoms with E-state index in [-0.39, 0.29) is 17.9 Å². The van der Waals surface area contributed by atoms with Gasteiger partial charge in [0.15, 0.2) is 0 Å². The molecule has 2 fully saturated rings. The molecule has 2 N–H and O–H groups in total. The maximum absolute atomic E-state index is 13.8. The first kappa shape index (κ1) is 13.5. The van der Waals surface area contributed by atoms with Gasteiger partial charge in [-0.05, 0) is 31.4 Å². The molecule has 4 nitrogen and oxygen atoms in total. The number of carbonyl (C=O) groups excluding carboxylic acids is 1. The number of hydrogen-bond donors (Lipinski definition) is 2. The largest absolute Gasteiger partial charge is 0.333 e. The molecule has 5 heteroatoms. The van der Waals surface area contributed by atoms with Gasteiger partial charge in [-0.15, -0.1) is 0 Å². The Labute approximate surface area is 128 Å². The van der Waals surface area contributed by atoms with Gasteiger partial charge >= 0.3 is 6.03 Å². The molecule has 0 aliphatic carbocycles. The number of fused-ring (bicyclic) bond motifs is 2. The van der Waals surface area contributed by atoms with Crippen molar-refractivity contribution in [1.82, 2.24) is 15.2 Å². The summed E-state index contributed by atoms with van der Waals surface area (Å²) in [6.45, 7) is 0. The zero-order valence-electron chi connectivity index (χ0n) is 12.1. The molecule has 2 aromatic rings. The van der Waals surface area contributed by atoms with E-state index in [0.717, 1.165) is 12.8 Å². The van der Waals surface area contributed by atoms with Crippen molar-refractivity contribution >= 4 is 6.03 Å². The van der Waals surface area contributed by atoms with Crippen molar-refractivity contribution in [1.29, 1.82) is 0 Å². The van der Waals surface area contributed by atoms with Crippen molar-refractivity contribution in [3.63, 3.8) is 0 Å². The second-order valence-corrected chi connectivity index (χ2v) is 6.13. The molecule has 4 rings (SSSR count). The highest BCUT2D eigenvalue weighted by Crippen LogP contribution is 2.28. The fraction of sp³-hybridized carbons (Fsp3) is 0.353. The predicted molar refractivity (Wildman–Crippen MR) is 82.1 cm³/mol. The van der Waals surface area contributed by atoms with Crippen LogP contribution in [0.15, 0.2) is 42.7 Å². The summed E-state index contributed by atoms with van der Waals surface area (Å²) in [6.07, 6.45) is 6.68. The number of nitrogens with zero attached hydrogens (tertiary/aromatic N) is 1. The lowest BCUT2D eigenvalue weighted by molar-refractivity contribution is 0.236. The van der Waals surface area contributed by atoms with Crippen LogP contribution in [-0.4, -0.2) is 28.7 Å². The van der Waals surface area contributed by atoms with Crippen LogP contribution in [0.1, 0.15) is 19.3 Å². The molecule has 2 saturated heterocycles. The van der Waals surface area contributed by atoms with E-state index in [1.807, 2.05) is 0 Å². The minimum Gasteiger partial charge on any atom is -0.333 e. The Morgan fingerprint density at radius 3 is 2.86 bits per heavy atom. The van der Waals surface area contributed by atoms with Crippen molar-refractivity contribution in [3.8, 4) is 11.1 Å². The molecule has 2 bridgehead atoms. The Kier molecular flexibility index (Phi) is 3.22. The number of carbonyl (C=O) groups is 1. The Morgan fingerprint density at radius 2 is 2.14 bits per heavy atom. The van der Waals surface area contributed by atoms with Gasteiger partial charge < -0.3 is 10.6 Å². The smallest absolute Gasteiger partial charge is 0.325 e. The van der Waals surface area contributed by atoms with Gasteiger partial charge in [-0.1, -0.05) is 18.2 Å². The average molecular weight is 299 g/mol. The zero-order chi connectivity index (χ0) is 15.1. The number of amides is 1. The fourth-order valence-corrected chi connectivity index (χ4v) is 3.59. The fourth-order valence-electron chi connectivity index (χ4n) is 3.59. The van der Waals surface area contributed by atoms with Crippen LogP contribution in [0.25, 0.3) is 11.1 Å². The average Bonchev–Trinajstić information content (AvgIpc) is 3.24. The standard InChI is InChI=1S/C17H18FN3O/c18-14-4-2-1-3-13(14)11-7-8-21(10-11)17(22)20-16-9-12-5-6-15(16)19-12/h1-4,7-8,10,12,15-16,19H,5-6,9H2,(H,20,22)/t12-,15+,16-/m1/s1. The van der Waals surface area contributed by atoms with Crippen LogP contribution in [0.4, 0.5) is 9.18 Å². The molecule has 1 amide bonds. The Hall–Kier alpha value is -2.14. The second kappa shape index (κ2) is 5.25. The molecule has 22 heavy (non-hydrogen) atoms. The predicted octanol–water partition coefficient (Wildman–Crippen LogP) is 2.74. The third-order valence-corrected chi connectivity index (χ3v) is 4.72. The highest BCUT2D eigenvalue weighted by molar-refractivity contribution is 5.79. The van der Waals surface area contributed by atoms with Gasteiger partial charge in [-0.3, -0.25) is 4.57 Å². The lowest BCUT2D eigenvalue weighted by atomic mass is 9.96. The summed E-state index contributed by atoms with van der Waals surface area (Å²) in [5.41, 5.74) is 1.22. The molecule has 1 aromatic heterocycles. The summed E-state index contributed by atoms with van der Waals surface area (Å²) in [5, 5.41) is 6.57. The summed E-state index contributed by atoms with van der Waals surface area (Å²) >= 11 is 0. The molecule has 2 aliphatic rings. The van der Waals surface area contributed by atoms with Crippen molar-refractivity contribution < 1.29 is 9.18 Å². The maximum atomic E-state index is 13.8. The third-order valence-electron chi connectivity index (χ3n) is 4.72. The first-order valence-electron chi connectivity index (χ1n) is 7.70. The van der Waals surface area contributed by atoms with Crippen molar-refractivity contribution in [3.05, 3.63) is 48.5 Å². The van der Waals surface area contributed by atoms with Crippen molar-refractivity contribution in [2.75, 3.05) is 0 Å². The third kappa shape index (κ3) is 2.31. The van der Waals surface area contributed by atoms with Crippen LogP contribution in [0.5, 0.6) is 0 Å². The van der Waals surface area contributed by atoms with E-state index in [9.17, 15) is 9.18 Å². The molecule has 0 spiro atoms. The number of nitrogens with one attached hydrogen (secondary N) is 2. The molecule has 0 unspecified atom stereocenters.